The fourth-order valence-corrected chi connectivity index (χ4v) is 3.37. The highest BCUT2D eigenvalue weighted by atomic mass is 16.1. The first-order chi connectivity index (χ1) is 12.7. The minimum absolute atomic E-state index is 0.249. The number of amides is 1. The monoisotopic (exact) mass is 350 g/mol. The first-order valence-electron chi connectivity index (χ1n) is 9.04. The third-order valence-electron chi connectivity index (χ3n) is 4.81. The summed E-state index contributed by atoms with van der Waals surface area (Å²) in [5, 5.41) is 10.8. The van der Waals surface area contributed by atoms with Gasteiger partial charge in [-0.25, -0.2) is 4.52 Å². The summed E-state index contributed by atoms with van der Waals surface area (Å²) in [5.41, 5.74) is 3.43. The molecule has 1 amide bonds. The van der Waals surface area contributed by atoms with Crippen molar-refractivity contribution in [1.29, 1.82) is 0 Å². The molecule has 3 aromatic heterocycles. The number of fused-ring (bicyclic) bond motifs is 1. The highest BCUT2D eigenvalue weighted by molar-refractivity contribution is 6.03. The predicted molar refractivity (Wildman–Crippen MR) is 100 cm³/mol. The average Bonchev–Trinajstić information content (AvgIpc) is 3.04. The first kappa shape index (κ1) is 16.5. The molecule has 7 nitrogen and oxygen atoms in total. The van der Waals surface area contributed by atoms with E-state index in [2.05, 4.69) is 32.6 Å². The van der Waals surface area contributed by atoms with Gasteiger partial charge in [0, 0.05) is 24.0 Å². The minimum Gasteiger partial charge on any atom is -0.381 e. The number of carbonyl (C=O) groups excluding carboxylic acids is 1. The topological polar surface area (TPSA) is 84.2 Å². The molecule has 0 atom stereocenters. The van der Waals surface area contributed by atoms with E-state index in [0.717, 1.165) is 11.3 Å². The summed E-state index contributed by atoms with van der Waals surface area (Å²) in [6.07, 6.45) is 11.4. The van der Waals surface area contributed by atoms with Crippen LogP contribution in [0.2, 0.25) is 0 Å². The molecule has 0 bridgehead atoms. The van der Waals surface area contributed by atoms with E-state index in [4.69, 9.17) is 0 Å². The average molecular weight is 350 g/mol. The van der Waals surface area contributed by atoms with Crippen molar-refractivity contribution in [3.63, 3.8) is 0 Å². The Balaban J connectivity index is 1.54. The zero-order valence-electron chi connectivity index (χ0n) is 14.8. The summed E-state index contributed by atoms with van der Waals surface area (Å²) >= 11 is 0. The summed E-state index contributed by atoms with van der Waals surface area (Å²) in [4.78, 5) is 20.6. The highest BCUT2D eigenvalue weighted by Gasteiger charge is 2.15. The zero-order chi connectivity index (χ0) is 17.9. The number of carbonyl (C=O) groups is 1. The predicted octanol–water partition coefficient (Wildman–Crippen LogP) is 3.43. The van der Waals surface area contributed by atoms with E-state index in [-0.39, 0.29) is 5.91 Å². The van der Waals surface area contributed by atoms with Crippen LogP contribution in [0.4, 0.5) is 11.6 Å². The second-order valence-electron chi connectivity index (χ2n) is 6.78. The third kappa shape index (κ3) is 3.51. The number of hydrogen-bond acceptors (Lipinski definition) is 5. The SMILES string of the molecule is Cc1cc2nc(NC(=O)c3ccncc3)nn2cc1NC1CCCCC1. The van der Waals surface area contributed by atoms with E-state index < -0.39 is 0 Å². The van der Waals surface area contributed by atoms with Gasteiger partial charge in [0.1, 0.15) is 0 Å². The molecular weight excluding hydrogens is 328 g/mol. The number of nitrogens with one attached hydrogen (secondary N) is 2. The van der Waals surface area contributed by atoms with Crippen molar-refractivity contribution in [3.05, 3.63) is 47.9 Å². The van der Waals surface area contributed by atoms with E-state index in [1.807, 2.05) is 12.3 Å². The summed E-state index contributed by atoms with van der Waals surface area (Å²) in [6, 6.07) is 5.82. The van der Waals surface area contributed by atoms with Gasteiger partial charge in [-0.05, 0) is 43.5 Å². The van der Waals surface area contributed by atoms with Crippen LogP contribution in [0.5, 0.6) is 0 Å². The van der Waals surface area contributed by atoms with Crippen LogP contribution < -0.4 is 10.6 Å². The number of aryl methyl sites for hydroxylation is 1. The van der Waals surface area contributed by atoms with Gasteiger partial charge in [-0.2, -0.15) is 4.98 Å². The van der Waals surface area contributed by atoms with E-state index in [0.29, 0.717) is 23.2 Å². The Kier molecular flexibility index (Phi) is 4.51. The molecule has 0 unspecified atom stereocenters. The molecule has 0 aliphatic heterocycles. The van der Waals surface area contributed by atoms with Crippen molar-refractivity contribution in [2.75, 3.05) is 10.6 Å². The lowest BCUT2D eigenvalue weighted by atomic mass is 9.95. The Hall–Kier alpha value is -2.96. The molecule has 3 aromatic rings. The van der Waals surface area contributed by atoms with Crippen LogP contribution >= 0.6 is 0 Å². The number of anilines is 2. The number of pyridine rings is 2. The molecule has 2 N–H and O–H groups in total. The van der Waals surface area contributed by atoms with Crippen LogP contribution in [0.15, 0.2) is 36.8 Å². The lowest BCUT2D eigenvalue weighted by Crippen LogP contribution is -2.22. The largest absolute Gasteiger partial charge is 0.381 e. The molecule has 1 fully saturated rings. The van der Waals surface area contributed by atoms with Crippen molar-refractivity contribution >= 4 is 23.2 Å². The number of aromatic nitrogens is 4. The number of rotatable bonds is 4. The Bertz CT molecular complexity index is 914. The number of hydrogen-bond donors (Lipinski definition) is 2. The van der Waals surface area contributed by atoms with Crippen LogP contribution in [0.1, 0.15) is 48.0 Å². The highest BCUT2D eigenvalue weighted by Crippen LogP contribution is 2.24. The lowest BCUT2D eigenvalue weighted by molar-refractivity contribution is 0.102. The molecule has 0 spiro atoms. The van der Waals surface area contributed by atoms with Gasteiger partial charge >= 0.3 is 0 Å². The molecule has 7 heteroatoms. The first-order valence-corrected chi connectivity index (χ1v) is 9.04. The zero-order valence-corrected chi connectivity index (χ0v) is 14.8. The molecule has 0 aromatic carbocycles. The van der Waals surface area contributed by atoms with E-state index >= 15 is 0 Å². The fourth-order valence-electron chi connectivity index (χ4n) is 3.37. The Morgan fingerprint density at radius 3 is 2.73 bits per heavy atom. The molecule has 3 heterocycles. The molecule has 1 aliphatic rings. The Morgan fingerprint density at radius 1 is 1.19 bits per heavy atom. The molecule has 1 saturated carbocycles. The minimum atomic E-state index is -0.249. The van der Waals surface area contributed by atoms with Crippen LogP contribution in [0.25, 0.3) is 5.65 Å². The smallest absolute Gasteiger partial charge is 0.258 e. The maximum absolute atomic E-state index is 12.2. The van der Waals surface area contributed by atoms with Gasteiger partial charge in [0.05, 0.1) is 11.9 Å². The molecule has 1 aliphatic carbocycles. The van der Waals surface area contributed by atoms with Gasteiger partial charge in [-0.15, -0.1) is 5.10 Å². The van der Waals surface area contributed by atoms with E-state index in [1.165, 1.54) is 32.1 Å². The quantitative estimate of drug-likeness (QED) is 0.753. The van der Waals surface area contributed by atoms with Crippen molar-refractivity contribution in [1.82, 2.24) is 19.6 Å². The normalized spacial score (nSPS) is 15.1. The maximum atomic E-state index is 12.2. The standard InChI is InChI=1S/C19H22N6O/c1-13-11-17-22-19(23-18(26)14-7-9-20-10-8-14)24-25(17)12-16(13)21-15-5-3-2-4-6-15/h7-12,15,21H,2-6H2,1H3,(H,23,24,26). The van der Waals surface area contributed by atoms with Gasteiger partial charge in [0.2, 0.25) is 5.95 Å². The van der Waals surface area contributed by atoms with Gasteiger partial charge < -0.3 is 5.32 Å². The van der Waals surface area contributed by atoms with Crippen LogP contribution in [-0.4, -0.2) is 31.5 Å². The summed E-state index contributed by atoms with van der Waals surface area (Å²) < 4.78 is 1.71. The van der Waals surface area contributed by atoms with Gasteiger partial charge in [-0.3, -0.25) is 15.1 Å². The van der Waals surface area contributed by atoms with E-state index in [9.17, 15) is 4.79 Å². The van der Waals surface area contributed by atoms with E-state index in [1.54, 1.807) is 29.0 Å². The molecule has 0 saturated heterocycles. The second kappa shape index (κ2) is 7.11. The Morgan fingerprint density at radius 2 is 1.96 bits per heavy atom. The van der Waals surface area contributed by atoms with Crippen molar-refractivity contribution in [2.45, 2.75) is 45.1 Å². The van der Waals surface area contributed by atoms with Crippen molar-refractivity contribution in [2.24, 2.45) is 0 Å². The van der Waals surface area contributed by atoms with Gasteiger partial charge in [0.15, 0.2) is 5.65 Å². The maximum Gasteiger partial charge on any atom is 0.258 e. The third-order valence-corrected chi connectivity index (χ3v) is 4.81. The fraction of sp³-hybridized carbons (Fsp3) is 0.368. The molecular formula is C19H22N6O. The second-order valence-corrected chi connectivity index (χ2v) is 6.78. The summed E-state index contributed by atoms with van der Waals surface area (Å²) in [7, 11) is 0. The number of nitrogens with zero attached hydrogens (tertiary/aromatic N) is 4. The van der Waals surface area contributed by atoms with Crippen molar-refractivity contribution < 1.29 is 4.79 Å². The van der Waals surface area contributed by atoms with Gasteiger partial charge in [0.25, 0.3) is 5.91 Å². The molecule has 134 valence electrons. The lowest BCUT2D eigenvalue weighted by Gasteiger charge is -2.24. The Labute approximate surface area is 151 Å². The van der Waals surface area contributed by atoms with Crippen LogP contribution in [0, 0.1) is 6.92 Å². The van der Waals surface area contributed by atoms with Crippen LogP contribution in [-0.2, 0) is 0 Å². The van der Waals surface area contributed by atoms with Crippen LogP contribution in [0.3, 0.4) is 0 Å². The molecule has 26 heavy (non-hydrogen) atoms. The van der Waals surface area contributed by atoms with Gasteiger partial charge in [-0.1, -0.05) is 19.3 Å². The summed E-state index contributed by atoms with van der Waals surface area (Å²) in [6.45, 7) is 2.06. The molecule has 4 rings (SSSR count). The summed E-state index contributed by atoms with van der Waals surface area (Å²) in [5.74, 6) is 0.0432. The molecule has 0 radical (unpaired) electrons. The van der Waals surface area contributed by atoms with Crippen molar-refractivity contribution in [3.8, 4) is 0 Å².